The Hall–Kier alpha value is -1.22. The van der Waals surface area contributed by atoms with Gasteiger partial charge in [-0.1, -0.05) is 80.6 Å². The highest BCUT2D eigenvalue weighted by Gasteiger charge is 2.21. The number of carbonyl (C=O) groups is 1. The summed E-state index contributed by atoms with van der Waals surface area (Å²) in [6.45, 7) is 4.15. The number of alkyl halides is 1. The molecule has 0 spiro atoms. The second-order valence-electron chi connectivity index (χ2n) is 7.65. The average Bonchev–Trinajstić information content (AvgIpc) is 2.73. The quantitative estimate of drug-likeness (QED) is 0.134. The number of benzene rings is 2. The monoisotopic (exact) mass is 468 g/mol. The summed E-state index contributed by atoms with van der Waals surface area (Å²) in [7, 11) is 0. The van der Waals surface area contributed by atoms with Gasteiger partial charge in [0.05, 0.1) is 16.0 Å². The Kier molecular flexibility index (Phi) is 11.1. The molecule has 164 valence electrons. The molecule has 0 aliphatic heterocycles. The van der Waals surface area contributed by atoms with E-state index < -0.39 is 0 Å². The number of halogens is 3. The molecular weight excluding hydrogens is 439 g/mol. The Morgan fingerprint density at radius 2 is 1.60 bits per heavy atom. The van der Waals surface area contributed by atoms with Crippen molar-refractivity contribution in [1.82, 2.24) is 0 Å². The smallest absolute Gasteiger partial charge is 0.314 e. The second-order valence-corrected chi connectivity index (χ2v) is 8.85. The number of carbonyl (C=O) groups excluding carboxylic acids is 1. The Bertz CT molecular complexity index is 797. The van der Waals surface area contributed by atoms with Gasteiger partial charge in [-0.25, -0.2) is 0 Å². The van der Waals surface area contributed by atoms with Crippen LogP contribution in [0.25, 0.3) is 11.1 Å². The number of hydrogen-bond acceptors (Lipinski definition) is 2. The molecule has 0 unspecified atom stereocenters. The zero-order chi connectivity index (χ0) is 21.9. The molecule has 30 heavy (non-hydrogen) atoms. The van der Waals surface area contributed by atoms with Gasteiger partial charge in [-0.2, -0.15) is 0 Å². The zero-order valence-corrected chi connectivity index (χ0v) is 20.1. The molecule has 0 atom stereocenters. The largest absolute Gasteiger partial charge is 0.425 e. The van der Waals surface area contributed by atoms with E-state index in [4.69, 9.17) is 39.5 Å². The third kappa shape index (κ3) is 7.48. The van der Waals surface area contributed by atoms with E-state index in [1.165, 1.54) is 5.56 Å². The molecule has 5 heteroatoms. The van der Waals surface area contributed by atoms with Gasteiger partial charge in [0.1, 0.15) is 5.75 Å². The minimum atomic E-state index is -0.221. The van der Waals surface area contributed by atoms with Crippen LogP contribution < -0.4 is 4.74 Å². The van der Waals surface area contributed by atoms with Crippen molar-refractivity contribution in [1.29, 1.82) is 0 Å². The number of rotatable bonds is 12. The van der Waals surface area contributed by atoms with Crippen molar-refractivity contribution in [2.75, 3.05) is 5.88 Å². The lowest BCUT2D eigenvalue weighted by molar-refractivity contribution is -0.139. The predicted octanol–water partition coefficient (Wildman–Crippen LogP) is 8.73. The predicted molar refractivity (Wildman–Crippen MR) is 129 cm³/mol. The lowest BCUT2D eigenvalue weighted by Crippen LogP contribution is -2.20. The summed E-state index contributed by atoms with van der Waals surface area (Å²) < 4.78 is 5.69. The molecule has 0 aliphatic carbocycles. The molecule has 0 saturated carbocycles. The molecule has 0 bridgehead atoms. The molecule has 0 amide bonds. The molecule has 2 rings (SSSR count). The maximum atomic E-state index is 12.6. The topological polar surface area (TPSA) is 26.3 Å². The van der Waals surface area contributed by atoms with Gasteiger partial charge in [-0.3, -0.25) is 4.79 Å². The van der Waals surface area contributed by atoms with Crippen molar-refractivity contribution in [2.24, 2.45) is 5.92 Å². The Morgan fingerprint density at radius 3 is 2.20 bits per heavy atom. The van der Waals surface area contributed by atoms with Crippen LogP contribution in [0.15, 0.2) is 36.4 Å². The van der Waals surface area contributed by atoms with Crippen molar-refractivity contribution in [2.45, 2.75) is 65.2 Å². The fourth-order valence-electron chi connectivity index (χ4n) is 3.55. The van der Waals surface area contributed by atoms with E-state index in [1.54, 1.807) is 12.1 Å². The van der Waals surface area contributed by atoms with E-state index in [1.807, 2.05) is 0 Å². The summed E-state index contributed by atoms with van der Waals surface area (Å²) in [5.41, 5.74) is 3.06. The van der Waals surface area contributed by atoms with Gasteiger partial charge in [0.25, 0.3) is 0 Å². The first-order chi connectivity index (χ1) is 14.5. The molecular formula is C25H31Cl3O2. The molecule has 0 heterocycles. The number of aryl methyl sites for hydroxylation is 1. The number of ether oxygens (including phenoxy) is 1. The summed E-state index contributed by atoms with van der Waals surface area (Å²) in [4.78, 5) is 12.6. The van der Waals surface area contributed by atoms with Crippen LogP contribution in [0.4, 0.5) is 0 Å². The van der Waals surface area contributed by atoms with Gasteiger partial charge < -0.3 is 4.74 Å². The molecule has 0 saturated heterocycles. The van der Waals surface area contributed by atoms with E-state index in [0.29, 0.717) is 15.8 Å². The van der Waals surface area contributed by atoms with Crippen molar-refractivity contribution >= 4 is 40.8 Å². The minimum Gasteiger partial charge on any atom is -0.425 e. The third-order valence-corrected chi connectivity index (χ3v) is 6.08. The van der Waals surface area contributed by atoms with E-state index in [9.17, 15) is 4.79 Å². The van der Waals surface area contributed by atoms with Crippen LogP contribution in [0, 0.1) is 5.92 Å². The first-order valence-electron chi connectivity index (χ1n) is 10.9. The highest BCUT2D eigenvalue weighted by atomic mass is 35.5. The summed E-state index contributed by atoms with van der Waals surface area (Å²) in [5, 5.41) is 0.882. The van der Waals surface area contributed by atoms with E-state index >= 15 is 0 Å². The van der Waals surface area contributed by atoms with Crippen LogP contribution in [-0.4, -0.2) is 11.8 Å². The molecule has 2 aromatic carbocycles. The first-order valence-corrected chi connectivity index (χ1v) is 12.1. The maximum absolute atomic E-state index is 12.6. The maximum Gasteiger partial charge on any atom is 0.314 e. The van der Waals surface area contributed by atoms with Crippen LogP contribution in [0.5, 0.6) is 5.75 Å². The Morgan fingerprint density at radius 1 is 0.933 bits per heavy atom. The van der Waals surface area contributed by atoms with E-state index in [0.717, 1.165) is 68.4 Å². The van der Waals surface area contributed by atoms with Crippen LogP contribution >= 0.6 is 34.8 Å². The summed E-state index contributed by atoms with van der Waals surface area (Å²) in [5.74, 6) is 0.760. The summed E-state index contributed by atoms with van der Waals surface area (Å²) in [6.07, 6.45) is 7.87. The molecule has 0 aliphatic rings. The minimum absolute atomic E-state index is 0.103. The Labute approximate surface area is 195 Å². The van der Waals surface area contributed by atoms with Gasteiger partial charge in [-0.05, 0) is 55.4 Å². The summed E-state index contributed by atoms with van der Waals surface area (Å²) >= 11 is 18.5. The highest BCUT2D eigenvalue weighted by molar-refractivity contribution is 6.37. The second kappa shape index (κ2) is 13.2. The summed E-state index contributed by atoms with van der Waals surface area (Å²) in [6, 6.07) is 11.8. The molecule has 0 aromatic heterocycles. The lowest BCUT2D eigenvalue weighted by atomic mass is 9.98. The normalized spacial score (nSPS) is 11.1. The number of esters is 1. The molecule has 2 aromatic rings. The number of unbranched alkanes of at least 4 members (excludes halogenated alkanes) is 2. The van der Waals surface area contributed by atoms with Gasteiger partial charge in [0.15, 0.2) is 0 Å². The number of hydrogen-bond donors (Lipinski definition) is 0. The van der Waals surface area contributed by atoms with Crippen molar-refractivity contribution in [3.8, 4) is 16.9 Å². The SMILES string of the molecule is CCCC(CCC)C(=O)Oc1cc(-c2ccc(CCCCCCl)cc2)c(Cl)cc1Cl. The standard InChI is InChI=1S/C25H31Cl3O2/c1-3-8-20(9-4-2)25(29)30-24-16-21(22(27)17-23(24)28)19-13-11-18(12-14-19)10-6-5-7-15-26/h11-14,16-17,20H,3-10,15H2,1-2H3. The third-order valence-electron chi connectivity index (χ3n) is 5.20. The average molecular weight is 470 g/mol. The van der Waals surface area contributed by atoms with Gasteiger partial charge in [-0.15, -0.1) is 11.6 Å². The highest BCUT2D eigenvalue weighted by Crippen LogP contribution is 2.37. The van der Waals surface area contributed by atoms with Crippen LogP contribution in [0.3, 0.4) is 0 Å². The Balaban J connectivity index is 2.16. The fraction of sp³-hybridized carbons (Fsp3) is 0.480. The molecule has 2 nitrogen and oxygen atoms in total. The van der Waals surface area contributed by atoms with Crippen molar-refractivity contribution in [3.63, 3.8) is 0 Å². The van der Waals surface area contributed by atoms with Crippen LogP contribution in [0.2, 0.25) is 10.0 Å². The lowest BCUT2D eigenvalue weighted by Gasteiger charge is -2.16. The van der Waals surface area contributed by atoms with E-state index in [-0.39, 0.29) is 11.9 Å². The molecule has 0 radical (unpaired) electrons. The van der Waals surface area contributed by atoms with Crippen LogP contribution in [0.1, 0.15) is 64.4 Å². The first kappa shape index (κ1) is 25.0. The fourth-order valence-corrected chi connectivity index (χ4v) is 4.27. The zero-order valence-electron chi connectivity index (χ0n) is 17.9. The van der Waals surface area contributed by atoms with Gasteiger partial charge in [0, 0.05) is 11.4 Å². The molecule has 0 N–H and O–H groups in total. The van der Waals surface area contributed by atoms with Crippen molar-refractivity contribution in [3.05, 3.63) is 52.0 Å². The van der Waals surface area contributed by atoms with Gasteiger partial charge >= 0.3 is 5.97 Å². The van der Waals surface area contributed by atoms with Crippen molar-refractivity contribution < 1.29 is 9.53 Å². The molecule has 0 fully saturated rings. The van der Waals surface area contributed by atoms with E-state index in [2.05, 4.69) is 38.1 Å². The van der Waals surface area contributed by atoms with Crippen LogP contribution in [-0.2, 0) is 11.2 Å². The van der Waals surface area contributed by atoms with Gasteiger partial charge in [0.2, 0.25) is 0 Å².